The monoisotopic (exact) mass is 262 g/mol. The molecule has 1 aromatic heterocycles. The van der Waals surface area contributed by atoms with E-state index in [0.29, 0.717) is 6.54 Å². The Balaban J connectivity index is 2.03. The third kappa shape index (κ3) is 3.07. The van der Waals surface area contributed by atoms with Crippen molar-refractivity contribution in [1.82, 2.24) is 5.32 Å². The first-order valence-electron chi connectivity index (χ1n) is 5.20. The van der Waals surface area contributed by atoms with Gasteiger partial charge in [-0.2, -0.15) is 16.6 Å². The second-order valence-corrected chi connectivity index (χ2v) is 4.78. The van der Waals surface area contributed by atoms with Crippen LogP contribution in [0.1, 0.15) is 17.2 Å². The molecule has 0 radical (unpaired) electrons. The topological polar surface area (TPSA) is 35.8 Å². The summed E-state index contributed by atoms with van der Waals surface area (Å²) in [4.78, 5) is 0. The molecule has 4 heteroatoms. The van der Waals surface area contributed by atoms with Crippen molar-refractivity contribution in [3.8, 4) is 6.07 Å². The summed E-state index contributed by atoms with van der Waals surface area (Å²) >= 11 is 7.65. The lowest BCUT2D eigenvalue weighted by Crippen LogP contribution is -2.19. The minimum atomic E-state index is -0.280. The van der Waals surface area contributed by atoms with Gasteiger partial charge in [-0.3, -0.25) is 5.32 Å². The van der Waals surface area contributed by atoms with Crippen LogP contribution >= 0.6 is 22.9 Å². The van der Waals surface area contributed by atoms with E-state index in [4.69, 9.17) is 16.9 Å². The summed E-state index contributed by atoms with van der Waals surface area (Å²) in [6, 6.07) is 11.6. The van der Waals surface area contributed by atoms with Crippen LogP contribution in [0.3, 0.4) is 0 Å². The van der Waals surface area contributed by atoms with Crippen LogP contribution in [0.4, 0.5) is 0 Å². The van der Waals surface area contributed by atoms with Crippen molar-refractivity contribution in [1.29, 1.82) is 5.26 Å². The Morgan fingerprint density at radius 1 is 1.35 bits per heavy atom. The Morgan fingerprint density at radius 2 is 2.18 bits per heavy atom. The summed E-state index contributed by atoms with van der Waals surface area (Å²) in [6.45, 7) is 0.591. The van der Waals surface area contributed by atoms with E-state index >= 15 is 0 Å². The molecular weight excluding hydrogens is 252 g/mol. The van der Waals surface area contributed by atoms with E-state index in [2.05, 4.69) is 11.4 Å². The van der Waals surface area contributed by atoms with E-state index in [0.717, 1.165) is 16.1 Å². The van der Waals surface area contributed by atoms with Gasteiger partial charge in [0.25, 0.3) is 0 Å². The highest BCUT2D eigenvalue weighted by molar-refractivity contribution is 7.08. The Labute approximate surface area is 109 Å². The quantitative estimate of drug-likeness (QED) is 0.911. The van der Waals surface area contributed by atoms with Crippen LogP contribution in [-0.4, -0.2) is 0 Å². The summed E-state index contributed by atoms with van der Waals surface area (Å²) in [5.74, 6) is 0. The van der Waals surface area contributed by atoms with Gasteiger partial charge in [-0.1, -0.05) is 29.8 Å². The summed E-state index contributed by atoms with van der Waals surface area (Å²) in [5, 5.41) is 17.0. The number of thiophene rings is 1. The van der Waals surface area contributed by atoms with Crippen molar-refractivity contribution in [2.75, 3.05) is 0 Å². The first-order valence-corrected chi connectivity index (χ1v) is 6.52. The Hall–Kier alpha value is -1.34. The van der Waals surface area contributed by atoms with Gasteiger partial charge >= 0.3 is 0 Å². The van der Waals surface area contributed by atoms with Gasteiger partial charge in [0.15, 0.2) is 0 Å². The van der Waals surface area contributed by atoms with Crippen LogP contribution in [0.25, 0.3) is 0 Å². The molecule has 0 aliphatic carbocycles. The number of nitriles is 1. The fraction of sp³-hybridized carbons (Fsp3) is 0.154. The molecule has 2 aromatic rings. The molecule has 0 spiro atoms. The number of rotatable bonds is 4. The minimum Gasteiger partial charge on any atom is -0.294 e. The molecule has 0 aliphatic rings. The van der Waals surface area contributed by atoms with Gasteiger partial charge in [0.05, 0.1) is 6.07 Å². The molecule has 0 fully saturated rings. The van der Waals surface area contributed by atoms with Gasteiger partial charge in [0.2, 0.25) is 0 Å². The molecule has 0 aliphatic heterocycles. The van der Waals surface area contributed by atoms with E-state index in [1.165, 1.54) is 0 Å². The normalized spacial score (nSPS) is 12.0. The van der Waals surface area contributed by atoms with Crippen LogP contribution in [0.15, 0.2) is 41.1 Å². The maximum atomic E-state index is 9.10. The highest BCUT2D eigenvalue weighted by atomic mass is 35.5. The summed E-state index contributed by atoms with van der Waals surface area (Å²) in [7, 11) is 0. The van der Waals surface area contributed by atoms with Gasteiger partial charge in [0, 0.05) is 11.6 Å². The predicted octanol–water partition coefficient (Wildman–Crippen LogP) is 3.76. The van der Waals surface area contributed by atoms with Gasteiger partial charge in [0.1, 0.15) is 6.04 Å². The first-order chi connectivity index (χ1) is 8.31. The van der Waals surface area contributed by atoms with E-state index < -0.39 is 0 Å². The zero-order valence-corrected chi connectivity index (χ0v) is 10.6. The second-order valence-electron chi connectivity index (χ2n) is 3.59. The summed E-state index contributed by atoms with van der Waals surface area (Å²) in [6.07, 6.45) is 0. The van der Waals surface area contributed by atoms with Gasteiger partial charge < -0.3 is 0 Å². The molecule has 86 valence electrons. The van der Waals surface area contributed by atoms with Crippen LogP contribution in [0.5, 0.6) is 0 Å². The molecule has 1 N–H and O–H groups in total. The van der Waals surface area contributed by atoms with Crippen LogP contribution < -0.4 is 5.32 Å². The second kappa shape index (κ2) is 5.83. The third-order valence-electron chi connectivity index (χ3n) is 2.46. The van der Waals surface area contributed by atoms with E-state index in [-0.39, 0.29) is 6.04 Å². The number of benzene rings is 1. The maximum Gasteiger partial charge on any atom is 0.122 e. The molecule has 0 saturated carbocycles. The van der Waals surface area contributed by atoms with Crippen LogP contribution in [-0.2, 0) is 6.54 Å². The highest BCUT2D eigenvalue weighted by Gasteiger charge is 2.10. The molecule has 17 heavy (non-hydrogen) atoms. The smallest absolute Gasteiger partial charge is 0.122 e. The molecule has 2 rings (SSSR count). The lowest BCUT2D eigenvalue weighted by Gasteiger charge is -2.10. The Kier molecular flexibility index (Phi) is 4.16. The van der Waals surface area contributed by atoms with Crippen LogP contribution in [0.2, 0.25) is 5.02 Å². The molecule has 1 atom stereocenters. The average molecular weight is 263 g/mol. The Bertz CT molecular complexity index is 516. The van der Waals surface area contributed by atoms with Crippen molar-refractivity contribution in [2.24, 2.45) is 0 Å². The van der Waals surface area contributed by atoms with Gasteiger partial charge in [-0.05, 0) is 34.0 Å². The standard InChI is InChI=1S/C13H11ClN2S/c14-12-4-2-1-3-10(12)8-16-13(7-15)11-5-6-17-9-11/h1-6,9,13,16H,8H2. The van der Waals surface area contributed by atoms with E-state index in [1.807, 2.05) is 41.1 Å². The molecule has 0 saturated heterocycles. The average Bonchev–Trinajstić information content (AvgIpc) is 2.86. The summed E-state index contributed by atoms with van der Waals surface area (Å²) < 4.78 is 0. The molecule has 0 amide bonds. The first kappa shape index (κ1) is 12.1. The van der Waals surface area contributed by atoms with Crippen molar-refractivity contribution in [3.05, 3.63) is 57.2 Å². The van der Waals surface area contributed by atoms with Gasteiger partial charge in [-0.25, -0.2) is 0 Å². The lowest BCUT2D eigenvalue weighted by atomic mass is 10.1. The number of nitrogens with zero attached hydrogens (tertiary/aromatic N) is 1. The van der Waals surface area contributed by atoms with Crippen molar-refractivity contribution < 1.29 is 0 Å². The van der Waals surface area contributed by atoms with Crippen molar-refractivity contribution in [3.63, 3.8) is 0 Å². The molecular formula is C13H11ClN2S. The zero-order chi connectivity index (χ0) is 12.1. The fourth-order valence-electron chi connectivity index (χ4n) is 1.53. The zero-order valence-electron chi connectivity index (χ0n) is 9.06. The summed E-state index contributed by atoms with van der Waals surface area (Å²) in [5.41, 5.74) is 2.01. The maximum absolute atomic E-state index is 9.10. The predicted molar refractivity (Wildman–Crippen MR) is 71.0 cm³/mol. The molecule has 1 unspecified atom stereocenters. The number of halogens is 1. The number of nitrogens with one attached hydrogen (secondary N) is 1. The molecule has 2 nitrogen and oxygen atoms in total. The molecule has 1 aromatic carbocycles. The van der Waals surface area contributed by atoms with Crippen molar-refractivity contribution in [2.45, 2.75) is 12.6 Å². The fourth-order valence-corrected chi connectivity index (χ4v) is 2.42. The number of hydrogen-bond acceptors (Lipinski definition) is 3. The van der Waals surface area contributed by atoms with Gasteiger partial charge in [-0.15, -0.1) is 0 Å². The van der Waals surface area contributed by atoms with Crippen LogP contribution in [0, 0.1) is 11.3 Å². The largest absolute Gasteiger partial charge is 0.294 e. The Morgan fingerprint density at radius 3 is 2.82 bits per heavy atom. The minimum absolute atomic E-state index is 0.280. The highest BCUT2D eigenvalue weighted by Crippen LogP contribution is 2.18. The van der Waals surface area contributed by atoms with E-state index in [1.54, 1.807) is 11.3 Å². The molecule has 0 bridgehead atoms. The third-order valence-corrected chi connectivity index (χ3v) is 3.53. The SMILES string of the molecule is N#CC(NCc1ccccc1Cl)c1ccsc1. The lowest BCUT2D eigenvalue weighted by molar-refractivity contribution is 0.632. The molecule has 1 heterocycles. The number of hydrogen-bond donors (Lipinski definition) is 1. The van der Waals surface area contributed by atoms with E-state index in [9.17, 15) is 0 Å². The van der Waals surface area contributed by atoms with Crippen molar-refractivity contribution >= 4 is 22.9 Å².